The van der Waals surface area contributed by atoms with Crippen LogP contribution in [0.15, 0.2) is 47.2 Å². The molecule has 0 radical (unpaired) electrons. The van der Waals surface area contributed by atoms with Crippen LogP contribution in [0, 0.1) is 0 Å². The third-order valence-corrected chi connectivity index (χ3v) is 4.23. The summed E-state index contributed by atoms with van der Waals surface area (Å²) in [6.07, 6.45) is 3.52. The van der Waals surface area contributed by atoms with Crippen LogP contribution in [0.25, 0.3) is 0 Å². The average molecular weight is 362 g/mol. The van der Waals surface area contributed by atoms with Gasteiger partial charge in [-0.1, -0.05) is 18.2 Å². The van der Waals surface area contributed by atoms with E-state index in [0.717, 1.165) is 43.7 Å². The van der Waals surface area contributed by atoms with Crippen LogP contribution >= 0.6 is 15.9 Å². The minimum Gasteiger partial charge on any atom is -0.369 e. The van der Waals surface area contributed by atoms with Gasteiger partial charge in [0.15, 0.2) is 0 Å². The second-order valence-electron chi connectivity index (χ2n) is 5.32. The first-order valence-corrected chi connectivity index (χ1v) is 8.34. The van der Waals surface area contributed by atoms with Crippen molar-refractivity contribution in [2.45, 2.75) is 0 Å². The normalized spacial score (nSPS) is 15.8. The van der Waals surface area contributed by atoms with Gasteiger partial charge in [-0.25, -0.2) is 9.97 Å². The summed E-state index contributed by atoms with van der Waals surface area (Å²) < 4.78 is 0.898. The number of aromatic nitrogens is 2. The first kappa shape index (κ1) is 15.2. The van der Waals surface area contributed by atoms with E-state index in [9.17, 15) is 0 Å². The van der Waals surface area contributed by atoms with Crippen LogP contribution < -0.4 is 10.2 Å². The predicted octanol–water partition coefficient (Wildman–Crippen LogP) is 2.47. The molecule has 116 valence electrons. The van der Waals surface area contributed by atoms with Crippen LogP contribution in [0.2, 0.25) is 0 Å². The lowest BCUT2D eigenvalue weighted by atomic mass is 10.2. The summed E-state index contributed by atoms with van der Waals surface area (Å²) in [6.45, 7) is 6.24. The van der Waals surface area contributed by atoms with Crippen molar-refractivity contribution in [3.8, 4) is 0 Å². The lowest BCUT2D eigenvalue weighted by molar-refractivity contribution is 0.267. The number of nitrogens with zero attached hydrogens (tertiary/aromatic N) is 4. The molecule has 0 saturated carbocycles. The van der Waals surface area contributed by atoms with Crippen LogP contribution in [-0.4, -0.2) is 54.1 Å². The highest BCUT2D eigenvalue weighted by molar-refractivity contribution is 9.10. The van der Waals surface area contributed by atoms with Crippen molar-refractivity contribution in [1.29, 1.82) is 0 Å². The maximum absolute atomic E-state index is 4.22. The van der Waals surface area contributed by atoms with Gasteiger partial charge in [0.2, 0.25) is 5.95 Å². The van der Waals surface area contributed by atoms with Gasteiger partial charge < -0.3 is 10.2 Å². The largest absolute Gasteiger partial charge is 0.369 e. The molecule has 0 amide bonds. The zero-order valence-corrected chi connectivity index (χ0v) is 14.0. The Morgan fingerprint density at radius 3 is 2.36 bits per heavy atom. The quantitative estimate of drug-likeness (QED) is 0.886. The molecule has 22 heavy (non-hydrogen) atoms. The van der Waals surface area contributed by atoms with E-state index in [1.807, 2.05) is 0 Å². The number of benzene rings is 1. The van der Waals surface area contributed by atoms with E-state index in [4.69, 9.17) is 0 Å². The predicted molar refractivity (Wildman–Crippen MR) is 93.3 cm³/mol. The summed E-state index contributed by atoms with van der Waals surface area (Å²) in [5, 5.41) is 3.26. The van der Waals surface area contributed by atoms with E-state index in [-0.39, 0.29) is 0 Å². The molecule has 1 saturated heterocycles. The van der Waals surface area contributed by atoms with E-state index >= 15 is 0 Å². The zero-order chi connectivity index (χ0) is 15.2. The van der Waals surface area contributed by atoms with E-state index in [1.165, 1.54) is 5.69 Å². The Labute approximate surface area is 139 Å². The van der Waals surface area contributed by atoms with Crippen molar-refractivity contribution in [3.05, 3.63) is 47.2 Å². The summed E-state index contributed by atoms with van der Waals surface area (Å²) >= 11 is 3.34. The molecular weight excluding hydrogens is 342 g/mol. The summed E-state index contributed by atoms with van der Waals surface area (Å²) in [5.74, 6) is 0.686. The second kappa shape index (κ2) is 7.56. The minimum absolute atomic E-state index is 0.686. The van der Waals surface area contributed by atoms with Crippen LogP contribution in [0.3, 0.4) is 0 Å². The van der Waals surface area contributed by atoms with Crippen molar-refractivity contribution in [1.82, 2.24) is 14.9 Å². The van der Waals surface area contributed by atoms with Gasteiger partial charge in [0, 0.05) is 57.3 Å². The summed E-state index contributed by atoms with van der Waals surface area (Å²) in [5.41, 5.74) is 1.32. The van der Waals surface area contributed by atoms with Gasteiger partial charge in [-0.3, -0.25) is 4.90 Å². The molecule has 2 aromatic rings. The highest BCUT2D eigenvalue weighted by Gasteiger charge is 2.16. The van der Waals surface area contributed by atoms with E-state index < -0.39 is 0 Å². The van der Waals surface area contributed by atoms with Crippen molar-refractivity contribution in [3.63, 3.8) is 0 Å². The number of halogens is 1. The van der Waals surface area contributed by atoms with Crippen molar-refractivity contribution >= 4 is 27.6 Å². The lowest BCUT2D eigenvalue weighted by Gasteiger charge is -2.36. The number of nitrogens with one attached hydrogen (secondary N) is 1. The summed E-state index contributed by atoms with van der Waals surface area (Å²) in [4.78, 5) is 13.4. The van der Waals surface area contributed by atoms with Gasteiger partial charge in [0.1, 0.15) is 0 Å². The number of para-hydroxylation sites is 1. The van der Waals surface area contributed by atoms with Gasteiger partial charge in [0.05, 0.1) is 4.47 Å². The van der Waals surface area contributed by atoms with Gasteiger partial charge >= 0.3 is 0 Å². The smallest absolute Gasteiger partial charge is 0.222 e. The van der Waals surface area contributed by atoms with Crippen LogP contribution in [0.4, 0.5) is 11.6 Å². The number of hydrogen-bond acceptors (Lipinski definition) is 5. The number of anilines is 2. The average Bonchev–Trinajstić information content (AvgIpc) is 2.58. The summed E-state index contributed by atoms with van der Waals surface area (Å²) in [7, 11) is 0. The van der Waals surface area contributed by atoms with Gasteiger partial charge in [-0.15, -0.1) is 0 Å². The third kappa shape index (κ3) is 4.18. The SMILES string of the molecule is Brc1cnc(NCCN2CCN(c3ccccc3)CC2)nc1. The molecule has 6 heteroatoms. The first-order chi connectivity index (χ1) is 10.8. The Bertz CT molecular complexity index is 567. The minimum atomic E-state index is 0.686. The molecule has 1 aliphatic rings. The Morgan fingerprint density at radius 1 is 1.00 bits per heavy atom. The molecule has 0 unspecified atom stereocenters. The zero-order valence-electron chi connectivity index (χ0n) is 12.5. The van der Waals surface area contributed by atoms with E-state index in [1.54, 1.807) is 12.4 Å². The van der Waals surface area contributed by atoms with E-state index in [2.05, 4.69) is 71.3 Å². The monoisotopic (exact) mass is 361 g/mol. The molecule has 1 aromatic heterocycles. The number of rotatable bonds is 5. The van der Waals surface area contributed by atoms with Gasteiger partial charge in [-0.05, 0) is 28.1 Å². The van der Waals surface area contributed by atoms with Crippen molar-refractivity contribution in [2.75, 3.05) is 49.5 Å². The van der Waals surface area contributed by atoms with Gasteiger partial charge in [0.25, 0.3) is 0 Å². The molecule has 1 aromatic carbocycles. The molecule has 0 atom stereocenters. The molecule has 3 rings (SSSR count). The van der Waals surface area contributed by atoms with E-state index in [0.29, 0.717) is 5.95 Å². The molecule has 1 N–H and O–H groups in total. The highest BCUT2D eigenvalue weighted by atomic mass is 79.9. The summed E-state index contributed by atoms with van der Waals surface area (Å²) in [6, 6.07) is 10.6. The maximum Gasteiger partial charge on any atom is 0.222 e. The van der Waals surface area contributed by atoms with Crippen LogP contribution in [-0.2, 0) is 0 Å². The van der Waals surface area contributed by atoms with Crippen molar-refractivity contribution < 1.29 is 0 Å². The second-order valence-corrected chi connectivity index (χ2v) is 6.23. The fourth-order valence-electron chi connectivity index (χ4n) is 2.60. The molecule has 1 aliphatic heterocycles. The maximum atomic E-state index is 4.22. The molecule has 0 spiro atoms. The molecule has 0 bridgehead atoms. The van der Waals surface area contributed by atoms with Crippen molar-refractivity contribution in [2.24, 2.45) is 0 Å². The fourth-order valence-corrected chi connectivity index (χ4v) is 2.80. The molecular formula is C16H20BrN5. The third-order valence-electron chi connectivity index (χ3n) is 3.83. The highest BCUT2D eigenvalue weighted by Crippen LogP contribution is 2.15. The number of piperazine rings is 1. The molecule has 1 fully saturated rings. The molecule has 2 heterocycles. The Kier molecular flexibility index (Phi) is 5.24. The number of hydrogen-bond donors (Lipinski definition) is 1. The lowest BCUT2D eigenvalue weighted by Crippen LogP contribution is -2.47. The van der Waals surface area contributed by atoms with Crippen LogP contribution in [0.1, 0.15) is 0 Å². The Hall–Kier alpha value is -1.66. The Morgan fingerprint density at radius 2 is 1.68 bits per heavy atom. The standard InChI is InChI=1S/C16H20BrN5/c17-14-12-19-16(20-13-14)18-6-7-21-8-10-22(11-9-21)15-4-2-1-3-5-15/h1-5,12-13H,6-11H2,(H,18,19,20). The fraction of sp³-hybridized carbons (Fsp3) is 0.375. The Balaban J connectivity index is 1.40. The van der Waals surface area contributed by atoms with Gasteiger partial charge in [-0.2, -0.15) is 0 Å². The molecule has 5 nitrogen and oxygen atoms in total. The molecule has 0 aliphatic carbocycles. The van der Waals surface area contributed by atoms with Crippen LogP contribution in [0.5, 0.6) is 0 Å². The topological polar surface area (TPSA) is 44.3 Å². The first-order valence-electron chi connectivity index (χ1n) is 7.55.